The van der Waals surface area contributed by atoms with Gasteiger partial charge in [-0.3, -0.25) is 4.79 Å². The third kappa shape index (κ3) is 3.83. The molecule has 2 unspecified atom stereocenters. The van der Waals surface area contributed by atoms with Gasteiger partial charge in [-0.1, -0.05) is 36.4 Å². The predicted octanol–water partition coefficient (Wildman–Crippen LogP) is 4.91. The van der Waals surface area contributed by atoms with Gasteiger partial charge >= 0.3 is 0 Å². The van der Waals surface area contributed by atoms with Gasteiger partial charge in [-0.25, -0.2) is 0 Å². The van der Waals surface area contributed by atoms with Gasteiger partial charge in [0, 0.05) is 13.1 Å². The van der Waals surface area contributed by atoms with E-state index in [0.29, 0.717) is 18.4 Å². The molecule has 2 aromatic carbocycles. The highest BCUT2D eigenvalue weighted by Crippen LogP contribution is 2.65. The van der Waals surface area contributed by atoms with Crippen LogP contribution in [-0.4, -0.2) is 32.0 Å². The average molecular weight is 433 g/mol. The molecule has 4 bridgehead atoms. The summed E-state index contributed by atoms with van der Waals surface area (Å²) in [6.45, 7) is 1.51. The van der Waals surface area contributed by atoms with E-state index in [1.54, 1.807) is 7.11 Å². The van der Waals surface area contributed by atoms with E-state index in [9.17, 15) is 4.79 Å². The number of ether oxygens (including phenoxy) is 1. The van der Waals surface area contributed by atoms with E-state index in [4.69, 9.17) is 4.74 Å². The molecule has 6 rings (SSSR count). The lowest BCUT2D eigenvalue weighted by Gasteiger charge is -2.61. The summed E-state index contributed by atoms with van der Waals surface area (Å²) in [5.74, 6) is 2.53. The first-order valence-electron chi connectivity index (χ1n) is 12.1. The van der Waals surface area contributed by atoms with Gasteiger partial charge < -0.3 is 15.0 Å². The number of nitrogens with zero attached hydrogens (tertiary/aromatic N) is 1. The fourth-order valence-electron chi connectivity index (χ4n) is 7.40. The molecule has 170 valence electrons. The van der Waals surface area contributed by atoms with Crippen molar-refractivity contribution in [1.29, 1.82) is 0 Å². The molecule has 0 heterocycles. The molecule has 0 aliphatic heterocycles. The maximum atomic E-state index is 13.7. The van der Waals surface area contributed by atoms with Gasteiger partial charge in [-0.2, -0.15) is 0 Å². The second-order valence-electron chi connectivity index (χ2n) is 10.9. The minimum absolute atomic E-state index is 0.149. The molecule has 0 aromatic heterocycles. The summed E-state index contributed by atoms with van der Waals surface area (Å²) in [4.78, 5) is 15.9. The zero-order chi connectivity index (χ0) is 22.3. The van der Waals surface area contributed by atoms with Crippen LogP contribution in [0.5, 0.6) is 5.75 Å². The Bertz CT molecular complexity index is 967. The summed E-state index contributed by atoms with van der Waals surface area (Å²) < 4.78 is 5.39. The normalized spacial score (nSPS) is 30.5. The van der Waals surface area contributed by atoms with Crippen molar-refractivity contribution in [2.45, 2.75) is 57.0 Å². The minimum atomic E-state index is -0.208. The Morgan fingerprint density at radius 3 is 2.28 bits per heavy atom. The van der Waals surface area contributed by atoms with Crippen LogP contribution in [0.3, 0.4) is 0 Å². The highest BCUT2D eigenvalue weighted by Gasteiger charge is 2.60. The van der Waals surface area contributed by atoms with Crippen LogP contribution >= 0.6 is 0 Å². The number of methoxy groups -OCH3 is 1. The van der Waals surface area contributed by atoms with Crippen LogP contribution in [0.15, 0.2) is 48.5 Å². The summed E-state index contributed by atoms with van der Waals surface area (Å²) >= 11 is 0. The molecule has 4 nitrogen and oxygen atoms in total. The summed E-state index contributed by atoms with van der Waals surface area (Å²) in [6, 6.07) is 17.1. The van der Waals surface area contributed by atoms with Crippen LogP contribution in [0.25, 0.3) is 0 Å². The molecule has 4 aliphatic carbocycles. The maximum Gasteiger partial charge on any atom is 0.226 e. The van der Waals surface area contributed by atoms with Crippen molar-refractivity contribution in [3.05, 3.63) is 65.2 Å². The number of amides is 1. The van der Waals surface area contributed by atoms with Crippen molar-refractivity contribution < 1.29 is 9.53 Å². The Kier molecular flexibility index (Phi) is 5.53. The van der Waals surface area contributed by atoms with Crippen LogP contribution in [0.1, 0.15) is 55.2 Å². The van der Waals surface area contributed by atoms with E-state index in [-0.39, 0.29) is 16.7 Å². The Balaban J connectivity index is 1.36. The van der Waals surface area contributed by atoms with Crippen LogP contribution in [0.2, 0.25) is 0 Å². The van der Waals surface area contributed by atoms with E-state index >= 15 is 0 Å². The summed E-state index contributed by atoms with van der Waals surface area (Å²) in [5.41, 5.74) is 3.86. The number of carbonyl (C=O) groups excluding carboxylic acids is 1. The number of carbonyl (C=O) groups is 1. The van der Waals surface area contributed by atoms with Crippen molar-refractivity contribution in [1.82, 2.24) is 10.2 Å². The lowest BCUT2D eigenvalue weighted by atomic mass is 9.42. The summed E-state index contributed by atoms with van der Waals surface area (Å²) in [7, 11) is 5.89. The Morgan fingerprint density at radius 1 is 1.00 bits per heavy atom. The average Bonchev–Trinajstić information content (AvgIpc) is 2.77. The van der Waals surface area contributed by atoms with E-state index in [1.165, 1.54) is 36.0 Å². The predicted molar refractivity (Wildman–Crippen MR) is 127 cm³/mol. The molecule has 4 aliphatic rings. The van der Waals surface area contributed by atoms with Crippen molar-refractivity contribution in [3.8, 4) is 5.75 Å². The molecule has 4 atom stereocenters. The van der Waals surface area contributed by atoms with Crippen LogP contribution in [0, 0.1) is 17.3 Å². The molecule has 0 radical (unpaired) electrons. The molecular weight excluding hydrogens is 396 g/mol. The standard InChI is InChI=1S/C28H36N2O2/c1-30(2)18-23-7-5-4-6-22(23)17-29-26(31)28-15-20-12-21(16-28)14-27(13-20,19-28)24-8-10-25(32-3)11-9-24/h4-11,20-21H,12-19H2,1-3H3,(H,29,31)/t20-,21+,27?,28?. The number of rotatable bonds is 7. The molecular formula is C28H36N2O2. The molecule has 1 N–H and O–H groups in total. The summed E-state index contributed by atoms with van der Waals surface area (Å²) in [6.07, 6.45) is 6.88. The molecule has 4 saturated carbocycles. The second kappa shape index (κ2) is 8.22. The van der Waals surface area contributed by atoms with Gasteiger partial charge in [0.2, 0.25) is 5.91 Å². The number of nitrogens with one attached hydrogen (secondary N) is 1. The third-order valence-corrected chi connectivity index (χ3v) is 8.29. The number of benzene rings is 2. The van der Waals surface area contributed by atoms with Gasteiger partial charge in [-0.05, 0) is 98.7 Å². The molecule has 2 aromatic rings. The Morgan fingerprint density at radius 2 is 1.66 bits per heavy atom. The smallest absolute Gasteiger partial charge is 0.226 e. The van der Waals surface area contributed by atoms with E-state index < -0.39 is 0 Å². The van der Waals surface area contributed by atoms with E-state index in [2.05, 4.69) is 72.8 Å². The molecule has 0 spiro atoms. The SMILES string of the molecule is COc1ccc(C23C[C@@H]4C[C@@H](CC(C(=O)NCc5ccccc5CN(C)C)(C4)C2)C3)cc1. The molecule has 4 heteroatoms. The quantitative estimate of drug-likeness (QED) is 0.676. The zero-order valence-corrected chi connectivity index (χ0v) is 19.7. The van der Waals surface area contributed by atoms with Crippen molar-refractivity contribution in [2.75, 3.05) is 21.2 Å². The highest BCUT2D eigenvalue weighted by atomic mass is 16.5. The Hall–Kier alpha value is -2.33. The van der Waals surface area contributed by atoms with Crippen molar-refractivity contribution in [2.24, 2.45) is 17.3 Å². The molecule has 4 fully saturated rings. The van der Waals surface area contributed by atoms with E-state index in [0.717, 1.165) is 31.6 Å². The van der Waals surface area contributed by atoms with Crippen molar-refractivity contribution in [3.63, 3.8) is 0 Å². The molecule has 0 saturated heterocycles. The lowest BCUT2D eigenvalue weighted by molar-refractivity contribution is -0.149. The van der Waals surface area contributed by atoms with Gasteiger partial charge in [0.25, 0.3) is 0 Å². The molecule has 32 heavy (non-hydrogen) atoms. The maximum absolute atomic E-state index is 13.7. The zero-order valence-electron chi connectivity index (χ0n) is 19.7. The minimum Gasteiger partial charge on any atom is -0.497 e. The van der Waals surface area contributed by atoms with Gasteiger partial charge in [0.15, 0.2) is 0 Å². The summed E-state index contributed by atoms with van der Waals surface area (Å²) in [5, 5.41) is 3.38. The topological polar surface area (TPSA) is 41.6 Å². The fraction of sp³-hybridized carbons (Fsp3) is 0.536. The van der Waals surface area contributed by atoms with Crippen LogP contribution in [-0.2, 0) is 23.3 Å². The second-order valence-corrected chi connectivity index (χ2v) is 10.9. The van der Waals surface area contributed by atoms with Gasteiger partial charge in [0.05, 0.1) is 12.5 Å². The van der Waals surface area contributed by atoms with E-state index in [1.807, 2.05) is 0 Å². The van der Waals surface area contributed by atoms with Crippen molar-refractivity contribution >= 4 is 5.91 Å². The molecule has 1 amide bonds. The number of hydrogen-bond donors (Lipinski definition) is 1. The first kappa shape index (κ1) is 21.5. The largest absolute Gasteiger partial charge is 0.497 e. The monoisotopic (exact) mass is 432 g/mol. The third-order valence-electron chi connectivity index (χ3n) is 8.29. The lowest BCUT2D eigenvalue weighted by Crippen LogP contribution is -2.59. The van der Waals surface area contributed by atoms with Crippen LogP contribution < -0.4 is 10.1 Å². The van der Waals surface area contributed by atoms with Gasteiger partial charge in [0.1, 0.15) is 5.75 Å². The van der Waals surface area contributed by atoms with Crippen LogP contribution in [0.4, 0.5) is 0 Å². The Labute approximate surface area is 192 Å². The first-order valence-corrected chi connectivity index (χ1v) is 12.1. The first-order chi connectivity index (χ1) is 15.4. The number of hydrogen-bond acceptors (Lipinski definition) is 3. The fourth-order valence-corrected chi connectivity index (χ4v) is 7.40. The highest BCUT2D eigenvalue weighted by molar-refractivity contribution is 5.83. The van der Waals surface area contributed by atoms with Gasteiger partial charge in [-0.15, -0.1) is 0 Å².